The van der Waals surface area contributed by atoms with E-state index in [0.717, 1.165) is 12.1 Å². The predicted molar refractivity (Wildman–Crippen MR) is 70.0 cm³/mol. The third-order valence-electron chi connectivity index (χ3n) is 2.22. The molecule has 4 N–H and O–H groups in total. The molecule has 0 fully saturated rings. The lowest BCUT2D eigenvalue weighted by atomic mass is 10.1. The van der Waals surface area contributed by atoms with E-state index in [4.69, 9.17) is 23.2 Å². The Kier molecular flexibility index (Phi) is 5.18. The zero-order valence-corrected chi connectivity index (χ0v) is 10.1. The van der Waals surface area contributed by atoms with E-state index in [-0.39, 0.29) is 6.61 Å². The van der Waals surface area contributed by atoms with Crippen LogP contribution in [0.15, 0.2) is 24.3 Å². The average molecular weight is 239 g/mol. The van der Waals surface area contributed by atoms with Gasteiger partial charge in [-0.15, -0.1) is 0 Å². The van der Waals surface area contributed by atoms with Crippen molar-refractivity contribution in [1.82, 2.24) is 5.01 Å². The van der Waals surface area contributed by atoms with Crippen molar-refractivity contribution in [3.63, 3.8) is 0 Å². The van der Waals surface area contributed by atoms with Gasteiger partial charge in [-0.2, -0.15) is 0 Å². The highest BCUT2D eigenvalue weighted by Crippen LogP contribution is 2.10. The minimum atomic E-state index is -0.0207. The third-order valence-corrected chi connectivity index (χ3v) is 2.55. The molecule has 1 rings (SSSR count). The molecule has 0 aliphatic carbocycles. The van der Waals surface area contributed by atoms with E-state index in [0.29, 0.717) is 11.7 Å². The Hall–Kier alpha value is -1.17. The number of anilines is 1. The van der Waals surface area contributed by atoms with Crippen molar-refractivity contribution in [2.75, 3.05) is 18.5 Å². The van der Waals surface area contributed by atoms with E-state index in [2.05, 4.69) is 12.2 Å². The van der Waals surface area contributed by atoms with E-state index in [1.807, 2.05) is 24.3 Å². The summed E-state index contributed by atoms with van der Waals surface area (Å²) in [5.41, 5.74) is 2.17. The van der Waals surface area contributed by atoms with Crippen molar-refractivity contribution in [1.29, 1.82) is 0 Å². The molecule has 0 radical (unpaired) electrons. The number of hydrogen-bond donors (Lipinski definition) is 3. The molecule has 1 aromatic carbocycles. The number of thiocarbonyl (C=S) groups is 1. The highest BCUT2D eigenvalue weighted by Gasteiger charge is 2.03. The van der Waals surface area contributed by atoms with Crippen LogP contribution in [-0.4, -0.2) is 28.4 Å². The summed E-state index contributed by atoms with van der Waals surface area (Å²) >= 11 is 5.06. The molecule has 0 spiro atoms. The number of nitrogens with zero attached hydrogens (tertiary/aromatic N) is 1. The fourth-order valence-corrected chi connectivity index (χ4v) is 1.44. The maximum absolute atomic E-state index is 8.71. The molecule has 16 heavy (non-hydrogen) atoms. The van der Waals surface area contributed by atoms with Gasteiger partial charge in [-0.25, -0.2) is 5.84 Å². The lowest BCUT2D eigenvalue weighted by Gasteiger charge is -2.19. The van der Waals surface area contributed by atoms with Gasteiger partial charge < -0.3 is 10.4 Å². The number of rotatable bonds is 4. The van der Waals surface area contributed by atoms with Crippen LogP contribution in [0.3, 0.4) is 0 Å². The Labute approximate surface area is 101 Å². The molecule has 1 aromatic rings. The topological polar surface area (TPSA) is 61.5 Å². The summed E-state index contributed by atoms with van der Waals surface area (Å²) in [5.74, 6) is 5.60. The first kappa shape index (κ1) is 12.9. The number of aliphatic hydroxyl groups excluding tert-OH is 1. The van der Waals surface area contributed by atoms with Crippen molar-refractivity contribution in [2.45, 2.75) is 13.3 Å². The molecule has 0 aromatic heterocycles. The molecular formula is C11H17N3OS. The van der Waals surface area contributed by atoms with Crippen molar-refractivity contribution in [3.05, 3.63) is 29.8 Å². The van der Waals surface area contributed by atoms with Gasteiger partial charge in [0.1, 0.15) is 0 Å². The molecule has 0 unspecified atom stereocenters. The first-order valence-electron chi connectivity index (χ1n) is 5.20. The average Bonchev–Trinajstić information content (AvgIpc) is 2.30. The predicted octanol–water partition coefficient (Wildman–Crippen LogP) is 1.11. The highest BCUT2D eigenvalue weighted by atomic mass is 32.1. The minimum absolute atomic E-state index is 0.0207. The van der Waals surface area contributed by atoms with Gasteiger partial charge in [0.15, 0.2) is 5.11 Å². The quantitative estimate of drug-likeness (QED) is 0.417. The largest absolute Gasteiger partial charge is 0.394 e. The van der Waals surface area contributed by atoms with Crippen LogP contribution in [0.25, 0.3) is 0 Å². The normalized spacial score (nSPS) is 9.94. The maximum atomic E-state index is 8.71. The number of hydrazine groups is 1. The van der Waals surface area contributed by atoms with Crippen molar-refractivity contribution in [3.8, 4) is 0 Å². The van der Waals surface area contributed by atoms with Crippen LogP contribution in [0.5, 0.6) is 0 Å². The summed E-state index contributed by atoms with van der Waals surface area (Å²) in [6.07, 6.45) is 1.01. The first-order valence-corrected chi connectivity index (χ1v) is 5.61. The van der Waals surface area contributed by atoms with Gasteiger partial charge in [-0.1, -0.05) is 19.1 Å². The van der Waals surface area contributed by atoms with E-state index >= 15 is 0 Å². The van der Waals surface area contributed by atoms with Gasteiger partial charge >= 0.3 is 0 Å². The van der Waals surface area contributed by atoms with E-state index in [1.165, 1.54) is 10.6 Å². The molecule has 4 nitrogen and oxygen atoms in total. The van der Waals surface area contributed by atoms with Crippen LogP contribution in [0, 0.1) is 0 Å². The molecular weight excluding hydrogens is 222 g/mol. The zero-order valence-electron chi connectivity index (χ0n) is 9.31. The smallest absolute Gasteiger partial charge is 0.187 e. The molecule has 0 heterocycles. The van der Waals surface area contributed by atoms with Gasteiger partial charge in [0.2, 0.25) is 0 Å². The molecule has 0 aliphatic heterocycles. The Morgan fingerprint density at radius 1 is 1.44 bits per heavy atom. The van der Waals surface area contributed by atoms with Gasteiger partial charge in [-0.3, -0.25) is 5.01 Å². The molecule has 0 aliphatic rings. The molecule has 0 bridgehead atoms. The standard InChI is InChI=1S/C11H17N3OS/c1-2-9-3-5-10(6-4-9)13-11(16)14(12)7-8-15/h3-6,15H,2,7-8,12H2,1H3,(H,13,16). The maximum Gasteiger partial charge on any atom is 0.187 e. The Bertz CT molecular complexity index is 340. The van der Waals surface area contributed by atoms with Crippen LogP contribution in [0.4, 0.5) is 5.69 Å². The Balaban J connectivity index is 2.55. The molecule has 88 valence electrons. The van der Waals surface area contributed by atoms with Crippen LogP contribution in [-0.2, 0) is 6.42 Å². The minimum Gasteiger partial charge on any atom is -0.394 e. The van der Waals surface area contributed by atoms with Gasteiger partial charge in [-0.05, 0) is 36.3 Å². The second kappa shape index (κ2) is 6.42. The number of aliphatic hydroxyl groups is 1. The van der Waals surface area contributed by atoms with Crippen LogP contribution in [0.2, 0.25) is 0 Å². The summed E-state index contributed by atoms with van der Waals surface area (Å²) in [5, 5.41) is 13.4. The Morgan fingerprint density at radius 2 is 2.06 bits per heavy atom. The lowest BCUT2D eigenvalue weighted by Crippen LogP contribution is -2.42. The van der Waals surface area contributed by atoms with Gasteiger partial charge in [0.05, 0.1) is 13.2 Å². The van der Waals surface area contributed by atoms with E-state index < -0.39 is 0 Å². The lowest BCUT2D eigenvalue weighted by molar-refractivity contribution is 0.253. The van der Waals surface area contributed by atoms with Crippen molar-refractivity contribution >= 4 is 23.0 Å². The second-order valence-corrected chi connectivity index (χ2v) is 3.78. The van der Waals surface area contributed by atoms with Crippen LogP contribution in [0.1, 0.15) is 12.5 Å². The second-order valence-electron chi connectivity index (χ2n) is 3.40. The summed E-state index contributed by atoms with van der Waals surface area (Å²) in [7, 11) is 0. The third kappa shape index (κ3) is 3.77. The molecule has 0 atom stereocenters. The van der Waals surface area contributed by atoms with Crippen LogP contribution >= 0.6 is 12.2 Å². The number of nitrogens with two attached hydrogens (primary N) is 1. The van der Waals surface area contributed by atoms with E-state index in [1.54, 1.807) is 0 Å². The zero-order chi connectivity index (χ0) is 12.0. The monoisotopic (exact) mass is 239 g/mol. The van der Waals surface area contributed by atoms with Gasteiger partial charge in [0, 0.05) is 5.69 Å². The molecule has 0 saturated heterocycles. The number of nitrogens with one attached hydrogen (secondary N) is 1. The molecule has 0 amide bonds. The molecule has 5 heteroatoms. The number of aryl methyl sites for hydroxylation is 1. The SMILES string of the molecule is CCc1ccc(NC(=S)N(N)CCO)cc1. The first-order chi connectivity index (χ1) is 7.67. The fraction of sp³-hybridized carbons (Fsp3) is 0.364. The number of hydrogen-bond acceptors (Lipinski definition) is 3. The van der Waals surface area contributed by atoms with E-state index in [9.17, 15) is 0 Å². The summed E-state index contributed by atoms with van der Waals surface area (Å²) in [6.45, 7) is 2.40. The summed E-state index contributed by atoms with van der Waals surface area (Å²) in [4.78, 5) is 0. The fourth-order valence-electron chi connectivity index (χ4n) is 1.23. The Morgan fingerprint density at radius 3 is 2.56 bits per heavy atom. The van der Waals surface area contributed by atoms with Crippen LogP contribution < -0.4 is 11.2 Å². The highest BCUT2D eigenvalue weighted by molar-refractivity contribution is 7.80. The van der Waals surface area contributed by atoms with Crippen molar-refractivity contribution in [2.24, 2.45) is 5.84 Å². The van der Waals surface area contributed by atoms with Crippen molar-refractivity contribution < 1.29 is 5.11 Å². The number of benzene rings is 1. The summed E-state index contributed by atoms with van der Waals surface area (Å²) < 4.78 is 0. The summed E-state index contributed by atoms with van der Waals surface area (Å²) in [6, 6.07) is 7.99. The van der Waals surface area contributed by atoms with Gasteiger partial charge in [0.25, 0.3) is 0 Å². The molecule has 0 saturated carbocycles.